The summed E-state index contributed by atoms with van der Waals surface area (Å²) in [5.41, 5.74) is 2.45. The van der Waals surface area contributed by atoms with Crippen LogP contribution in [0.15, 0.2) is 48.5 Å². The topological polar surface area (TPSA) is 49.6 Å². The molecule has 1 aliphatic heterocycles. The quantitative estimate of drug-likeness (QED) is 0.564. The largest absolute Gasteiger partial charge is 0.300 e. The molecule has 0 aromatic heterocycles. The first-order valence-electron chi connectivity index (χ1n) is 9.02. The number of non-ortho nitro benzene ring substituents is 1. The Balaban J connectivity index is 1.37. The molecule has 0 unspecified atom stereocenters. The Kier molecular flexibility index (Phi) is 6.30. The Hall–Kier alpha value is -2.31. The minimum absolute atomic E-state index is 0.142. The lowest BCUT2D eigenvalue weighted by molar-refractivity contribution is -0.384. The van der Waals surface area contributed by atoms with Crippen molar-refractivity contribution in [2.75, 3.05) is 39.3 Å². The number of benzene rings is 2. The number of nitro groups is 1. The highest BCUT2D eigenvalue weighted by Crippen LogP contribution is 2.13. The van der Waals surface area contributed by atoms with Crippen molar-refractivity contribution in [3.05, 3.63) is 75.6 Å². The summed E-state index contributed by atoms with van der Waals surface area (Å²) in [6.45, 7) is 6.14. The van der Waals surface area contributed by atoms with Crippen LogP contribution in [0.5, 0.6) is 0 Å². The first kappa shape index (κ1) is 18.5. The molecule has 0 aliphatic carbocycles. The van der Waals surface area contributed by atoms with Crippen molar-refractivity contribution in [2.24, 2.45) is 0 Å². The van der Waals surface area contributed by atoms with Crippen LogP contribution in [-0.4, -0.2) is 54.0 Å². The molecule has 138 valence electrons. The molecule has 26 heavy (non-hydrogen) atoms. The molecule has 0 amide bonds. The van der Waals surface area contributed by atoms with Crippen LogP contribution in [0.1, 0.15) is 11.1 Å². The molecule has 1 aliphatic rings. The lowest BCUT2D eigenvalue weighted by Crippen LogP contribution is -2.47. The van der Waals surface area contributed by atoms with Gasteiger partial charge in [0.1, 0.15) is 5.82 Å². The van der Waals surface area contributed by atoms with Gasteiger partial charge in [-0.2, -0.15) is 0 Å². The van der Waals surface area contributed by atoms with E-state index in [0.717, 1.165) is 57.7 Å². The highest BCUT2D eigenvalue weighted by atomic mass is 19.1. The summed E-state index contributed by atoms with van der Waals surface area (Å²) in [6, 6.07) is 13.6. The van der Waals surface area contributed by atoms with Gasteiger partial charge in [0, 0.05) is 51.4 Å². The van der Waals surface area contributed by atoms with E-state index in [-0.39, 0.29) is 16.4 Å². The summed E-state index contributed by atoms with van der Waals surface area (Å²) >= 11 is 0. The minimum atomic E-state index is -0.366. The molecule has 0 radical (unpaired) electrons. The van der Waals surface area contributed by atoms with Crippen molar-refractivity contribution < 1.29 is 9.31 Å². The second-order valence-corrected chi connectivity index (χ2v) is 6.73. The zero-order valence-electron chi connectivity index (χ0n) is 14.8. The molecule has 3 rings (SSSR count). The summed E-state index contributed by atoms with van der Waals surface area (Å²) in [4.78, 5) is 15.2. The van der Waals surface area contributed by atoms with E-state index in [1.54, 1.807) is 12.1 Å². The van der Waals surface area contributed by atoms with Gasteiger partial charge in [-0.05, 0) is 36.1 Å². The van der Waals surface area contributed by atoms with Crippen molar-refractivity contribution in [3.63, 3.8) is 0 Å². The molecule has 1 fully saturated rings. The summed E-state index contributed by atoms with van der Waals surface area (Å²) in [6.07, 6.45) is 1.86. The average molecular weight is 357 g/mol. The SMILES string of the molecule is O=[N+]([O-])c1ccc(CCN2CCN(CCc3ccc(F)cc3)CC2)cc1. The van der Waals surface area contributed by atoms with Crippen LogP contribution in [0.3, 0.4) is 0 Å². The van der Waals surface area contributed by atoms with Gasteiger partial charge in [0.05, 0.1) is 4.92 Å². The Bertz CT molecular complexity index is 711. The second-order valence-electron chi connectivity index (χ2n) is 6.73. The number of nitrogens with zero attached hydrogens (tertiary/aromatic N) is 3. The lowest BCUT2D eigenvalue weighted by Gasteiger charge is -2.34. The molecule has 0 spiro atoms. The van der Waals surface area contributed by atoms with Crippen molar-refractivity contribution >= 4 is 5.69 Å². The first-order chi connectivity index (χ1) is 12.6. The Morgan fingerprint density at radius 3 is 1.65 bits per heavy atom. The molecular weight excluding hydrogens is 333 g/mol. The third-order valence-corrected chi connectivity index (χ3v) is 4.96. The summed E-state index contributed by atoms with van der Waals surface area (Å²) in [7, 11) is 0. The maximum Gasteiger partial charge on any atom is 0.269 e. The first-order valence-corrected chi connectivity index (χ1v) is 9.02. The van der Waals surface area contributed by atoms with Gasteiger partial charge in [-0.1, -0.05) is 24.3 Å². The lowest BCUT2D eigenvalue weighted by atomic mass is 10.1. The number of halogens is 1. The standard InChI is InChI=1S/C20H24FN3O2/c21-19-5-1-17(2-6-19)9-11-22-13-15-23(16-14-22)12-10-18-3-7-20(8-4-18)24(25)26/h1-8H,9-16H2. The smallest absolute Gasteiger partial charge is 0.269 e. The fourth-order valence-corrected chi connectivity index (χ4v) is 3.25. The van der Waals surface area contributed by atoms with Crippen LogP contribution in [0, 0.1) is 15.9 Å². The zero-order valence-corrected chi connectivity index (χ0v) is 14.8. The normalized spacial score (nSPS) is 15.9. The monoisotopic (exact) mass is 357 g/mol. The van der Waals surface area contributed by atoms with Crippen LogP contribution in [0.25, 0.3) is 0 Å². The molecule has 1 heterocycles. The Morgan fingerprint density at radius 1 is 0.808 bits per heavy atom. The molecule has 6 heteroatoms. The number of rotatable bonds is 7. The third-order valence-electron chi connectivity index (χ3n) is 4.96. The molecule has 2 aromatic carbocycles. The van der Waals surface area contributed by atoms with Gasteiger partial charge in [0.15, 0.2) is 0 Å². The van der Waals surface area contributed by atoms with Crippen LogP contribution >= 0.6 is 0 Å². The second kappa shape index (κ2) is 8.87. The molecule has 0 atom stereocenters. The number of nitro benzene ring substituents is 1. The van der Waals surface area contributed by atoms with Crippen LogP contribution in [-0.2, 0) is 12.8 Å². The molecule has 5 nitrogen and oxygen atoms in total. The van der Waals surface area contributed by atoms with Gasteiger partial charge in [-0.3, -0.25) is 10.1 Å². The van der Waals surface area contributed by atoms with E-state index in [1.165, 1.54) is 17.7 Å². The molecular formula is C20H24FN3O2. The van der Waals surface area contributed by atoms with Crippen LogP contribution in [0.2, 0.25) is 0 Å². The van der Waals surface area contributed by atoms with E-state index in [9.17, 15) is 14.5 Å². The number of hydrogen-bond acceptors (Lipinski definition) is 4. The highest BCUT2D eigenvalue weighted by Gasteiger charge is 2.16. The van der Waals surface area contributed by atoms with Gasteiger partial charge in [0.25, 0.3) is 5.69 Å². The molecule has 0 N–H and O–H groups in total. The molecule has 1 saturated heterocycles. The molecule has 0 bridgehead atoms. The van der Waals surface area contributed by atoms with Crippen molar-refractivity contribution in [1.82, 2.24) is 9.80 Å². The summed E-state index contributed by atoms with van der Waals surface area (Å²) in [5, 5.41) is 10.7. The van der Waals surface area contributed by atoms with Crippen molar-refractivity contribution in [3.8, 4) is 0 Å². The number of hydrogen-bond donors (Lipinski definition) is 0. The Labute approximate surface area is 153 Å². The van der Waals surface area contributed by atoms with E-state index in [1.807, 2.05) is 24.3 Å². The van der Waals surface area contributed by atoms with E-state index >= 15 is 0 Å². The van der Waals surface area contributed by atoms with E-state index in [2.05, 4.69) is 9.80 Å². The highest BCUT2D eigenvalue weighted by molar-refractivity contribution is 5.32. The average Bonchev–Trinajstić information content (AvgIpc) is 2.67. The summed E-state index contributed by atoms with van der Waals surface area (Å²) in [5.74, 6) is -0.185. The third kappa shape index (κ3) is 5.34. The van der Waals surface area contributed by atoms with E-state index in [4.69, 9.17) is 0 Å². The van der Waals surface area contributed by atoms with Crippen molar-refractivity contribution in [1.29, 1.82) is 0 Å². The fourth-order valence-electron chi connectivity index (χ4n) is 3.25. The predicted octanol–water partition coefficient (Wildman–Crippen LogP) is 3.14. The van der Waals surface area contributed by atoms with Gasteiger partial charge >= 0.3 is 0 Å². The number of piperazine rings is 1. The summed E-state index contributed by atoms with van der Waals surface area (Å²) < 4.78 is 12.9. The zero-order chi connectivity index (χ0) is 18.4. The van der Waals surface area contributed by atoms with Crippen LogP contribution in [0.4, 0.5) is 10.1 Å². The van der Waals surface area contributed by atoms with E-state index < -0.39 is 0 Å². The van der Waals surface area contributed by atoms with Gasteiger partial charge in [-0.15, -0.1) is 0 Å². The fraction of sp³-hybridized carbons (Fsp3) is 0.400. The minimum Gasteiger partial charge on any atom is -0.300 e. The maximum atomic E-state index is 12.9. The van der Waals surface area contributed by atoms with Gasteiger partial charge < -0.3 is 9.80 Å². The van der Waals surface area contributed by atoms with Gasteiger partial charge in [0.2, 0.25) is 0 Å². The Morgan fingerprint density at radius 2 is 1.23 bits per heavy atom. The maximum absolute atomic E-state index is 12.9. The molecule has 2 aromatic rings. The predicted molar refractivity (Wildman–Crippen MR) is 99.8 cm³/mol. The van der Waals surface area contributed by atoms with Gasteiger partial charge in [-0.25, -0.2) is 4.39 Å². The van der Waals surface area contributed by atoms with Crippen molar-refractivity contribution in [2.45, 2.75) is 12.8 Å². The van der Waals surface area contributed by atoms with Crippen LogP contribution < -0.4 is 0 Å². The van der Waals surface area contributed by atoms with E-state index in [0.29, 0.717) is 0 Å². The molecule has 0 saturated carbocycles.